The number of Topliss-reactive ketones (excluding diaryl/α,β-unsaturated/α-hetero) is 1. The molecule has 0 aromatic carbocycles. The molecule has 0 saturated heterocycles. The van der Waals surface area contributed by atoms with Gasteiger partial charge in [0.15, 0.2) is 5.78 Å². The first-order valence-corrected chi connectivity index (χ1v) is 3.85. The van der Waals surface area contributed by atoms with E-state index in [2.05, 4.69) is 0 Å². The lowest BCUT2D eigenvalue weighted by Gasteiger charge is -2.29. The first-order valence-electron chi connectivity index (χ1n) is 3.85. The number of carbonyl (C=O) groups is 1. The van der Waals surface area contributed by atoms with E-state index in [-0.39, 0.29) is 11.2 Å². The first kappa shape index (κ1) is 8.47. The Labute approximate surface area is 66.9 Å². The molecule has 1 atom stereocenters. The van der Waals surface area contributed by atoms with E-state index in [0.29, 0.717) is 12.0 Å². The van der Waals surface area contributed by atoms with Crippen LogP contribution in [0.1, 0.15) is 27.2 Å². The van der Waals surface area contributed by atoms with Gasteiger partial charge in [-0.2, -0.15) is 0 Å². The molecule has 0 aliphatic heterocycles. The van der Waals surface area contributed by atoms with Crippen molar-refractivity contribution in [3.05, 3.63) is 11.6 Å². The molecule has 1 aliphatic rings. The lowest BCUT2D eigenvalue weighted by Crippen LogP contribution is -2.33. The molecule has 0 saturated carbocycles. The second kappa shape index (κ2) is 2.45. The summed E-state index contributed by atoms with van der Waals surface area (Å²) < 4.78 is 0. The van der Waals surface area contributed by atoms with Gasteiger partial charge in [0.2, 0.25) is 0 Å². The van der Waals surface area contributed by atoms with Crippen LogP contribution in [0.3, 0.4) is 0 Å². The van der Waals surface area contributed by atoms with Crippen molar-refractivity contribution in [2.75, 3.05) is 0 Å². The summed E-state index contributed by atoms with van der Waals surface area (Å²) in [5.74, 6) is 0.155. The Morgan fingerprint density at radius 2 is 2.18 bits per heavy atom. The molecule has 0 heterocycles. The third-order valence-electron chi connectivity index (χ3n) is 2.13. The molecule has 1 rings (SSSR count). The molecule has 0 bridgehead atoms. The van der Waals surface area contributed by atoms with Gasteiger partial charge < -0.3 is 5.11 Å². The van der Waals surface area contributed by atoms with Gasteiger partial charge in [-0.05, 0) is 25.0 Å². The maximum Gasteiger partial charge on any atom is 0.164 e. The monoisotopic (exact) mass is 154 g/mol. The first-order chi connectivity index (χ1) is 4.93. The van der Waals surface area contributed by atoms with Crippen LogP contribution in [0.25, 0.3) is 0 Å². The number of hydrogen-bond acceptors (Lipinski definition) is 2. The number of hydrogen-bond donors (Lipinski definition) is 1. The molecular formula is C9H14O2. The molecule has 0 spiro atoms. The fourth-order valence-corrected chi connectivity index (χ4v) is 1.57. The third kappa shape index (κ3) is 1.51. The van der Waals surface area contributed by atoms with Crippen LogP contribution >= 0.6 is 0 Å². The maximum absolute atomic E-state index is 11.4. The van der Waals surface area contributed by atoms with Crippen LogP contribution < -0.4 is 0 Å². The molecule has 1 aliphatic carbocycles. The van der Waals surface area contributed by atoms with Gasteiger partial charge in [0, 0.05) is 5.41 Å². The highest BCUT2D eigenvalue weighted by atomic mass is 16.3. The van der Waals surface area contributed by atoms with E-state index in [0.717, 1.165) is 0 Å². The lowest BCUT2D eigenvalue weighted by molar-refractivity contribution is -0.125. The predicted molar refractivity (Wildman–Crippen MR) is 43.2 cm³/mol. The highest BCUT2D eigenvalue weighted by Gasteiger charge is 2.34. The Bertz CT molecular complexity index is 214. The van der Waals surface area contributed by atoms with Gasteiger partial charge in [0.25, 0.3) is 0 Å². The second-order valence-corrected chi connectivity index (χ2v) is 3.83. The van der Waals surface area contributed by atoms with E-state index < -0.39 is 6.10 Å². The van der Waals surface area contributed by atoms with E-state index in [9.17, 15) is 9.90 Å². The highest BCUT2D eigenvalue weighted by molar-refractivity contribution is 5.99. The van der Waals surface area contributed by atoms with Gasteiger partial charge in [-0.1, -0.05) is 13.8 Å². The molecule has 0 aromatic rings. The van der Waals surface area contributed by atoms with Crippen LogP contribution in [0.4, 0.5) is 0 Å². The Balaban J connectivity index is 2.96. The topological polar surface area (TPSA) is 37.3 Å². The standard InChI is InChI=1S/C9H14O2/c1-6-4-7(10)5-9(2,3)8(6)11/h4,7,10H,5H2,1-3H3. The summed E-state index contributed by atoms with van der Waals surface area (Å²) in [7, 11) is 0. The van der Waals surface area contributed by atoms with Crippen LogP contribution in [0.15, 0.2) is 11.6 Å². The Kier molecular flexibility index (Phi) is 1.89. The SMILES string of the molecule is CC1=CC(O)CC(C)(C)C1=O. The molecule has 0 aromatic heterocycles. The van der Waals surface area contributed by atoms with Crippen molar-refractivity contribution in [3.8, 4) is 0 Å². The Hall–Kier alpha value is -0.630. The van der Waals surface area contributed by atoms with Gasteiger partial charge in [-0.25, -0.2) is 0 Å². The van der Waals surface area contributed by atoms with Crippen molar-refractivity contribution in [1.82, 2.24) is 0 Å². The maximum atomic E-state index is 11.4. The summed E-state index contributed by atoms with van der Waals surface area (Å²) in [6.45, 7) is 5.50. The van der Waals surface area contributed by atoms with Gasteiger partial charge in [-0.15, -0.1) is 0 Å². The molecule has 1 N–H and O–H groups in total. The number of allylic oxidation sites excluding steroid dienone is 1. The average molecular weight is 154 g/mol. The summed E-state index contributed by atoms with van der Waals surface area (Å²) in [6, 6.07) is 0. The number of rotatable bonds is 0. The Morgan fingerprint density at radius 1 is 1.64 bits per heavy atom. The molecule has 1 unspecified atom stereocenters. The second-order valence-electron chi connectivity index (χ2n) is 3.83. The largest absolute Gasteiger partial charge is 0.389 e. The smallest absolute Gasteiger partial charge is 0.164 e. The molecule has 2 heteroatoms. The molecule has 0 amide bonds. The number of aliphatic hydroxyl groups is 1. The lowest BCUT2D eigenvalue weighted by atomic mass is 9.75. The van der Waals surface area contributed by atoms with Crippen molar-refractivity contribution in [1.29, 1.82) is 0 Å². The normalized spacial score (nSPS) is 30.0. The van der Waals surface area contributed by atoms with E-state index in [1.165, 1.54) is 0 Å². The van der Waals surface area contributed by atoms with Gasteiger partial charge in [0.1, 0.15) is 0 Å². The summed E-state index contributed by atoms with van der Waals surface area (Å²) >= 11 is 0. The highest BCUT2D eigenvalue weighted by Crippen LogP contribution is 2.31. The number of aliphatic hydroxyl groups excluding tert-OH is 1. The third-order valence-corrected chi connectivity index (χ3v) is 2.13. The predicted octanol–water partition coefficient (Wildman–Crippen LogP) is 1.29. The Morgan fingerprint density at radius 3 is 2.64 bits per heavy atom. The molecule has 11 heavy (non-hydrogen) atoms. The molecule has 2 nitrogen and oxygen atoms in total. The van der Waals surface area contributed by atoms with Crippen LogP contribution in [0.5, 0.6) is 0 Å². The zero-order chi connectivity index (χ0) is 8.65. The molecule has 62 valence electrons. The summed E-state index contributed by atoms with van der Waals surface area (Å²) in [4.78, 5) is 11.4. The summed E-state index contributed by atoms with van der Waals surface area (Å²) in [6.07, 6.45) is 1.74. The summed E-state index contributed by atoms with van der Waals surface area (Å²) in [5.41, 5.74) is 0.312. The minimum atomic E-state index is -0.442. The zero-order valence-corrected chi connectivity index (χ0v) is 7.22. The van der Waals surface area contributed by atoms with Crippen molar-refractivity contribution in [2.24, 2.45) is 5.41 Å². The van der Waals surface area contributed by atoms with E-state index in [4.69, 9.17) is 0 Å². The fraction of sp³-hybridized carbons (Fsp3) is 0.667. The molecule has 0 fully saturated rings. The van der Waals surface area contributed by atoms with E-state index >= 15 is 0 Å². The van der Waals surface area contributed by atoms with Gasteiger partial charge >= 0.3 is 0 Å². The number of carbonyl (C=O) groups excluding carboxylic acids is 1. The van der Waals surface area contributed by atoms with Crippen LogP contribution in [-0.4, -0.2) is 17.0 Å². The van der Waals surface area contributed by atoms with Crippen LogP contribution in [0.2, 0.25) is 0 Å². The zero-order valence-electron chi connectivity index (χ0n) is 7.22. The quantitative estimate of drug-likeness (QED) is 0.571. The molecule has 0 radical (unpaired) electrons. The van der Waals surface area contributed by atoms with Gasteiger partial charge in [-0.3, -0.25) is 4.79 Å². The van der Waals surface area contributed by atoms with Crippen molar-refractivity contribution in [3.63, 3.8) is 0 Å². The van der Waals surface area contributed by atoms with Crippen molar-refractivity contribution in [2.45, 2.75) is 33.3 Å². The van der Waals surface area contributed by atoms with Crippen LogP contribution in [-0.2, 0) is 4.79 Å². The van der Waals surface area contributed by atoms with Crippen LogP contribution in [0, 0.1) is 5.41 Å². The summed E-state index contributed by atoms with van der Waals surface area (Å²) in [5, 5.41) is 9.30. The minimum absolute atomic E-state index is 0.155. The molecular weight excluding hydrogens is 140 g/mol. The van der Waals surface area contributed by atoms with E-state index in [1.807, 2.05) is 13.8 Å². The van der Waals surface area contributed by atoms with Crippen molar-refractivity contribution < 1.29 is 9.90 Å². The fourth-order valence-electron chi connectivity index (χ4n) is 1.57. The average Bonchev–Trinajstić information content (AvgIpc) is 1.81. The van der Waals surface area contributed by atoms with E-state index in [1.54, 1.807) is 13.0 Å². The minimum Gasteiger partial charge on any atom is -0.389 e. The number of ketones is 1. The van der Waals surface area contributed by atoms with Crippen molar-refractivity contribution >= 4 is 5.78 Å². The van der Waals surface area contributed by atoms with Gasteiger partial charge in [0.05, 0.1) is 6.10 Å².